The van der Waals surface area contributed by atoms with Crippen LogP contribution in [-0.2, 0) is 5.41 Å². The van der Waals surface area contributed by atoms with Gasteiger partial charge in [-0.2, -0.15) is 0 Å². The normalized spacial score (nSPS) is 15.2. The summed E-state index contributed by atoms with van der Waals surface area (Å²) in [5, 5.41) is 4.96. The minimum atomic E-state index is 0.00162. The summed E-state index contributed by atoms with van der Waals surface area (Å²) in [6.45, 7) is 0.652. The number of nitrogens with one attached hydrogen (secondary N) is 1. The third kappa shape index (κ3) is 2.81. The summed E-state index contributed by atoms with van der Waals surface area (Å²) >= 11 is 1.46. The van der Waals surface area contributed by atoms with Crippen molar-refractivity contribution in [3.8, 4) is 11.5 Å². The highest BCUT2D eigenvalue weighted by Crippen LogP contribution is 2.49. The van der Waals surface area contributed by atoms with Gasteiger partial charge in [0.25, 0.3) is 5.91 Å². The summed E-state index contributed by atoms with van der Waals surface area (Å²) in [6.07, 6.45) is 2.15. The summed E-state index contributed by atoms with van der Waals surface area (Å²) < 4.78 is 10.7. The number of amides is 1. The third-order valence-corrected chi connectivity index (χ3v) is 5.05. The number of carbonyl (C=O) groups is 1. The molecule has 0 radical (unpaired) electrons. The van der Waals surface area contributed by atoms with Gasteiger partial charge >= 0.3 is 0 Å². The van der Waals surface area contributed by atoms with Crippen molar-refractivity contribution in [3.63, 3.8) is 0 Å². The molecular weight excluding hydrogens is 298 g/mol. The molecule has 1 aromatic carbocycles. The van der Waals surface area contributed by atoms with E-state index < -0.39 is 0 Å². The number of benzene rings is 1. The molecule has 1 fully saturated rings. The zero-order valence-corrected chi connectivity index (χ0v) is 13.5. The van der Waals surface area contributed by atoms with E-state index in [4.69, 9.17) is 9.47 Å². The van der Waals surface area contributed by atoms with Crippen molar-refractivity contribution in [1.82, 2.24) is 5.32 Å². The van der Waals surface area contributed by atoms with Crippen LogP contribution >= 0.6 is 11.3 Å². The van der Waals surface area contributed by atoms with Crippen LogP contribution in [0.2, 0.25) is 0 Å². The van der Waals surface area contributed by atoms with Gasteiger partial charge in [-0.3, -0.25) is 4.79 Å². The summed E-state index contributed by atoms with van der Waals surface area (Å²) in [5.41, 5.74) is 1.23. The van der Waals surface area contributed by atoms with Gasteiger partial charge in [0.2, 0.25) is 0 Å². The fraction of sp³-hybridized carbons (Fsp3) is 0.353. The number of carbonyl (C=O) groups excluding carboxylic acids is 1. The molecule has 116 valence electrons. The Labute approximate surface area is 134 Å². The zero-order valence-electron chi connectivity index (χ0n) is 12.7. The molecule has 0 atom stereocenters. The van der Waals surface area contributed by atoms with Crippen LogP contribution < -0.4 is 14.8 Å². The quantitative estimate of drug-likeness (QED) is 0.890. The highest BCUT2D eigenvalue weighted by Gasteiger charge is 2.44. The second-order valence-corrected chi connectivity index (χ2v) is 6.46. The topological polar surface area (TPSA) is 47.6 Å². The monoisotopic (exact) mass is 317 g/mol. The maximum Gasteiger partial charge on any atom is 0.261 e. The van der Waals surface area contributed by atoms with Crippen LogP contribution in [0, 0.1) is 0 Å². The van der Waals surface area contributed by atoms with E-state index in [2.05, 4.69) is 11.4 Å². The Hall–Kier alpha value is -2.01. The fourth-order valence-electron chi connectivity index (χ4n) is 2.63. The largest absolute Gasteiger partial charge is 0.493 e. The van der Waals surface area contributed by atoms with E-state index in [9.17, 15) is 4.79 Å². The van der Waals surface area contributed by atoms with Gasteiger partial charge in [-0.15, -0.1) is 11.3 Å². The van der Waals surface area contributed by atoms with Crippen LogP contribution in [0.4, 0.5) is 0 Å². The molecule has 1 heterocycles. The average molecular weight is 317 g/mol. The molecule has 22 heavy (non-hydrogen) atoms. The van der Waals surface area contributed by atoms with Gasteiger partial charge in [0.1, 0.15) is 0 Å². The molecular formula is C17H19NO3S. The van der Waals surface area contributed by atoms with Crippen molar-refractivity contribution < 1.29 is 14.3 Å². The van der Waals surface area contributed by atoms with Crippen molar-refractivity contribution >= 4 is 17.2 Å². The lowest BCUT2D eigenvalue weighted by Crippen LogP contribution is -2.31. The van der Waals surface area contributed by atoms with Crippen LogP contribution in [0.3, 0.4) is 0 Å². The summed E-state index contributed by atoms with van der Waals surface area (Å²) in [4.78, 5) is 12.8. The molecule has 5 heteroatoms. The first-order valence-electron chi connectivity index (χ1n) is 7.23. The molecule has 1 aliphatic rings. The fourth-order valence-corrected chi connectivity index (χ4v) is 3.27. The van der Waals surface area contributed by atoms with Gasteiger partial charge in [-0.05, 0) is 42.0 Å². The van der Waals surface area contributed by atoms with Crippen molar-refractivity contribution in [2.24, 2.45) is 0 Å². The molecule has 0 saturated heterocycles. The van der Waals surface area contributed by atoms with Crippen LogP contribution in [0.1, 0.15) is 28.1 Å². The van der Waals surface area contributed by atoms with Gasteiger partial charge < -0.3 is 14.8 Å². The lowest BCUT2D eigenvalue weighted by Gasteiger charge is -2.18. The number of hydrogen-bond donors (Lipinski definition) is 1. The Morgan fingerprint density at radius 2 is 2.00 bits per heavy atom. The maximum absolute atomic E-state index is 12.1. The minimum Gasteiger partial charge on any atom is -0.493 e. The third-order valence-electron chi connectivity index (χ3n) is 4.18. The summed E-state index contributed by atoms with van der Waals surface area (Å²) in [6, 6.07) is 9.74. The predicted molar refractivity (Wildman–Crippen MR) is 87.1 cm³/mol. The van der Waals surface area contributed by atoms with E-state index in [1.807, 2.05) is 29.6 Å². The summed E-state index contributed by atoms with van der Waals surface area (Å²) in [5.74, 6) is 1.46. The average Bonchev–Trinajstić information content (AvgIpc) is 3.15. The number of methoxy groups -OCH3 is 2. The number of ether oxygens (including phenoxy) is 2. The highest BCUT2D eigenvalue weighted by atomic mass is 32.1. The zero-order chi connectivity index (χ0) is 15.6. The second-order valence-electron chi connectivity index (χ2n) is 5.51. The first-order chi connectivity index (χ1) is 10.7. The van der Waals surface area contributed by atoms with E-state index in [0.29, 0.717) is 6.54 Å². The minimum absolute atomic E-state index is 0.00162. The van der Waals surface area contributed by atoms with Crippen LogP contribution in [0.25, 0.3) is 0 Å². The van der Waals surface area contributed by atoms with E-state index in [1.165, 1.54) is 16.9 Å². The van der Waals surface area contributed by atoms with E-state index in [0.717, 1.165) is 29.2 Å². The van der Waals surface area contributed by atoms with E-state index >= 15 is 0 Å². The summed E-state index contributed by atoms with van der Waals surface area (Å²) in [7, 11) is 3.27. The van der Waals surface area contributed by atoms with Gasteiger partial charge in [0.05, 0.1) is 19.1 Å². The van der Waals surface area contributed by atoms with Gasteiger partial charge in [0.15, 0.2) is 11.5 Å². The standard InChI is InChI=1S/C17H19NO3S/c1-20-13-6-5-12(10-14(13)21-2)17(7-8-17)11-18-16(19)15-4-3-9-22-15/h3-6,9-10H,7-8,11H2,1-2H3,(H,18,19). The van der Waals surface area contributed by atoms with Gasteiger partial charge in [0, 0.05) is 12.0 Å². The molecule has 0 aliphatic heterocycles. The Balaban J connectivity index is 1.72. The van der Waals surface area contributed by atoms with Gasteiger partial charge in [-0.25, -0.2) is 0 Å². The van der Waals surface area contributed by atoms with E-state index in [1.54, 1.807) is 14.2 Å². The SMILES string of the molecule is COc1ccc(C2(CNC(=O)c3cccs3)CC2)cc1OC. The Morgan fingerprint density at radius 3 is 2.59 bits per heavy atom. The second kappa shape index (κ2) is 6.01. The first kappa shape index (κ1) is 14.9. The Bertz CT molecular complexity index is 663. The maximum atomic E-state index is 12.1. The molecule has 2 aromatic rings. The number of hydrogen-bond acceptors (Lipinski definition) is 4. The Morgan fingerprint density at radius 1 is 1.23 bits per heavy atom. The Kier molecular flexibility index (Phi) is 4.07. The molecule has 1 aliphatic carbocycles. The molecule has 1 saturated carbocycles. The molecule has 3 rings (SSSR count). The van der Waals surface area contributed by atoms with E-state index in [-0.39, 0.29) is 11.3 Å². The number of thiophene rings is 1. The van der Waals surface area contributed by atoms with Crippen molar-refractivity contribution in [2.45, 2.75) is 18.3 Å². The molecule has 1 N–H and O–H groups in total. The smallest absolute Gasteiger partial charge is 0.261 e. The highest BCUT2D eigenvalue weighted by molar-refractivity contribution is 7.12. The molecule has 4 nitrogen and oxygen atoms in total. The van der Waals surface area contributed by atoms with Gasteiger partial charge in [-0.1, -0.05) is 12.1 Å². The van der Waals surface area contributed by atoms with Crippen LogP contribution in [-0.4, -0.2) is 26.7 Å². The van der Waals surface area contributed by atoms with Crippen LogP contribution in [0.15, 0.2) is 35.7 Å². The number of rotatable bonds is 6. The van der Waals surface area contributed by atoms with Crippen LogP contribution in [0.5, 0.6) is 11.5 Å². The lowest BCUT2D eigenvalue weighted by atomic mass is 9.95. The molecule has 0 spiro atoms. The van der Waals surface area contributed by atoms with Crippen molar-refractivity contribution in [1.29, 1.82) is 0 Å². The molecule has 1 aromatic heterocycles. The molecule has 0 unspecified atom stereocenters. The molecule has 1 amide bonds. The lowest BCUT2D eigenvalue weighted by molar-refractivity contribution is 0.0954. The predicted octanol–water partition coefficient (Wildman–Crippen LogP) is 3.23. The van der Waals surface area contributed by atoms with Crippen molar-refractivity contribution in [3.05, 3.63) is 46.2 Å². The molecule has 0 bridgehead atoms. The van der Waals surface area contributed by atoms with Crippen molar-refractivity contribution in [2.75, 3.05) is 20.8 Å². The first-order valence-corrected chi connectivity index (χ1v) is 8.11.